The summed E-state index contributed by atoms with van der Waals surface area (Å²) in [4.78, 5) is 12.8. The molecule has 7 nitrogen and oxygen atoms in total. The predicted octanol–water partition coefficient (Wildman–Crippen LogP) is 6.78. The predicted molar refractivity (Wildman–Crippen MR) is 152 cm³/mol. The van der Waals surface area contributed by atoms with E-state index < -0.39 is 14.8 Å². The zero-order chi connectivity index (χ0) is 27.5. The van der Waals surface area contributed by atoms with Crippen molar-refractivity contribution < 1.29 is 27.1 Å². The lowest BCUT2D eigenvalue weighted by Crippen LogP contribution is -2.26. The van der Waals surface area contributed by atoms with Gasteiger partial charge in [-0.25, -0.2) is 8.42 Å². The highest BCUT2D eigenvalue weighted by molar-refractivity contribution is 7.91. The summed E-state index contributed by atoms with van der Waals surface area (Å²) in [6, 6.07) is 15.3. The third-order valence-corrected chi connectivity index (χ3v) is 9.02. The van der Waals surface area contributed by atoms with Crippen molar-refractivity contribution in [3.8, 4) is 16.9 Å². The van der Waals surface area contributed by atoms with Gasteiger partial charge in [0.05, 0.1) is 29.7 Å². The first-order valence-electron chi connectivity index (χ1n) is 12.3. The maximum Gasteiger partial charge on any atom is 0.310 e. The number of sulfonamides is 1. The Balaban J connectivity index is 1.61. The zero-order valence-corrected chi connectivity index (χ0v) is 23.7. The number of hydrogen-bond acceptors (Lipinski definition) is 7. The molecule has 9 heteroatoms. The zero-order valence-electron chi connectivity index (χ0n) is 22.1. The van der Waals surface area contributed by atoms with Gasteiger partial charge < -0.3 is 13.9 Å². The van der Waals surface area contributed by atoms with Crippen molar-refractivity contribution in [1.82, 2.24) is 0 Å². The fourth-order valence-corrected chi connectivity index (χ4v) is 5.44. The van der Waals surface area contributed by atoms with Crippen LogP contribution in [-0.2, 0) is 32.6 Å². The van der Waals surface area contributed by atoms with E-state index in [1.807, 2.05) is 53.9 Å². The molecule has 0 saturated heterocycles. The van der Waals surface area contributed by atoms with Crippen molar-refractivity contribution in [2.75, 3.05) is 6.61 Å². The molecule has 0 aliphatic carbocycles. The molecule has 0 spiro atoms. The van der Waals surface area contributed by atoms with Gasteiger partial charge in [-0.1, -0.05) is 18.2 Å². The second-order valence-electron chi connectivity index (χ2n) is 9.82. The summed E-state index contributed by atoms with van der Waals surface area (Å²) in [6.07, 6.45) is 1.78. The topological polar surface area (TPSA) is 95.2 Å². The Labute approximate surface area is 227 Å². The molecule has 2 aromatic carbocycles. The molecule has 4 rings (SSSR count). The van der Waals surface area contributed by atoms with E-state index in [0.29, 0.717) is 18.1 Å². The average molecular weight is 554 g/mol. The molecule has 2 aromatic heterocycles. The molecule has 0 aliphatic heterocycles. The van der Waals surface area contributed by atoms with Gasteiger partial charge in [0.15, 0.2) is 0 Å². The van der Waals surface area contributed by atoms with Gasteiger partial charge >= 0.3 is 5.97 Å². The first kappa shape index (κ1) is 27.6. The third-order valence-electron chi connectivity index (χ3n) is 5.92. The highest BCUT2D eigenvalue weighted by atomic mass is 32.2. The number of nitrogens with zero attached hydrogens (tertiary/aromatic N) is 1. The summed E-state index contributed by atoms with van der Waals surface area (Å²) in [6.45, 7) is 9.01. The molecule has 0 fully saturated rings. The lowest BCUT2D eigenvalue weighted by molar-refractivity contribution is -0.142. The smallest absolute Gasteiger partial charge is 0.310 e. The fraction of sp³-hybridized carbons (Fsp3) is 0.310. The van der Waals surface area contributed by atoms with Crippen molar-refractivity contribution in [2.45, 2.75) is 52.4 Å². The number of furan rings is 1. The van der Waals surface area contributed by atoms with E-state index in [0.717, 1.165) is 38.1 Å². The van der Waals surface area contributed by atoms with Crippen LogP contribution in [0.4, 0.5) is 0 Å². The highest BCUT2D eigenvalue weighted by Crippen LogP contribution is 2.35. The van der Waals surface area contributed by atoms with Gasteiger partial charge in [-0.2, -0.15) is 4.40 Å². The monoisotopic (exact) mass is 553 g/mol. The molecule has 0 bridgehead atoms. The molecular weight excluding hydrogens is 522 g/mol. The molecule has 0 atom stereocenters. The molecule has 38 heavy (non-hydrogen) atoms. The van der Waals surface area contributed by atoms with E-state index in [-0.39, 0.29) is 19.0 Å². The molecule has 0 N–H and O–H groups in total. The lowest BCUT2D eigenvalue weighted by Gasteiger charge is -2.15. The van der Waals surface area contributed by atoms with Crippen LogP contribution >= 0.6 is 11.3 Å². The van der Waals surface area contributed by atoms with E-state index in [1.165, 1.54) is 11.3 Å². The van der Waals surface area contributed by atoms with Crippen LogP contribution in [0.15, 0.2) is 69.0 Å². The van der Waals surface area contributed by atoms with Crippen molar-refractivity contribution in [1.29, 1.82) is 0 Å². The Morgan fingerprint density at radius 2 is 1.87 bits per heavy atom. The van der Waals surface area contributed by atoms with Crippen LogP contribution in [0.3, 0.4) is 0 Å². The summed E-state index contributed by atoms with van der Waals surface area (Å²) in [5.74, 6) is 0.326. The number of para-hydroxylation sites is 1. The number of ether oxygens (including phenoxy) is 2. The van der Waals surface area contributed by atoms with Gasteiger partial charge in [-0.3, -0.25) is 4.79 Å². The van der Waals surface area contributed by atoms with E-state index in [1.54, 1.807) is 40.9 Å². The number of rotatable bonds is 9. The van der Waals surface area contributed by atoms with E-state index in [9.17, 15) is 13.2 Å². The number of thiophene rings is 1. The Hall–Kier alpha value is -3.43. The molecular formula is C29H31NO6S2. The number of esters is 1. The summed E-state index contributed by atoms with van der Waals surface area (Å²) in [5.41, 5.74) is 4.64. The van der Waals surface area contributed by atoms with Crippen LogP contribution < -0.4 is 4.74 Å². The van der Waals surface area contributed by atoms with Gasteiger partial charge in [-0.15, -0.1) is 11.3 Å². The van der Waals surface area contributed by atoms with Crippen LogP contribution in [0.1, 0.15) is 50.6 Å². The van der Waals surface area contributed by atoms with Gasteiger partial charge in [0, 0.05) is 21.4 Å². The molecule has 0 radical (unpaired) electrons. The molecule has 200 valence electrons. The fourth-order valence-electron chi connectivity index (χ4n) is 3.79. The standard InChI is InChI=1S/C29H31NO6S2/c1-6-34-27(31)16-21-9-7-8-10-25(21)36-17-20-13-22-11-12-35-28(22)24(14-20)23-15-26(37-18-23)19(2)30-38(32,33)29(3,4)5/h7-15,18H,6,16-17H2,1-5H3. The average Bonchev–Trinajstić information content (AvgIpc) is 3.52. The van der Waals surface area contributed by atoms with Crippen LogP contribution in [-0.4, -0.2) is 31.5 Å². The van der Waals surface area contributed by atoms with Crippen molar-refractivity contribution in [3.63, 3.8) is 0 Å². The number of hydrogen-bond donors (Lipinski definition) is 0. The third kappa shape index (κ3) is 6.16. The summed E-state index contributed by atoms with van der Waals surface area (Å²) < 4.78 is 45.2. The Morgan fingerprint density at radius 1 is 1.11 bits per heavy atom. The second kappa shape index (κ2) is 11.1. The first-order valence-corrected chi connectivity index (χ1v) is 14.6. The van der Waals surface area contributed by atoms with Gasteiger partial charge in [0.25, 0.3) is 10.0 Å². The van der Waals surface area contributed by atoms with Crippen LogP contribution in [0, 0.1) is 0 Å². The Bertz CT molecular complexity index is 1590. The molecule has 2 heterocycles. The largest absolute Gasteiger partial charge is 0.489 e. The van der Waals surface area contributed by atoms with Crippen molar-refractivity contribution in [2.24, 2.45) is 4.40 Å². The second-order valence-corrected chi connectivity index (χ2v) is 13.1. The van der Waals surface area contributed by atoms with Gasteiger partial charge in [0.1, 0.15) is 17.9 Å². The van der Waals surface area contributed by atoms with Crippen LogP contribution in [0.2, 0.25) is 0 Å². The van der Waals surface area contributed by atoms with E-state index >= 15 is 0 Å². The van der Waals surface area contributed by atoms with Crippen LogP contribution in [0.5, 0.6) is 5.75 Å². The summed E-state index contributed by atoms with van der Waals surface area (Å²) in [5, 5.41) is 2.89. The maximum atomic E-state index is 12.6. The number of benzene rings is 2. The summed E-state index contributed by atoms with van der Waals surface area (Å²) >= 11 is 1.43. The Kier molecular flexibility index (Phi) is 8.08. The van der Waals surface area contributed by atoms with Gasteiger partial charge in [0.2, 0.25) is 0 Å². The van der Waals surface area contributed by atoms with Gasteiger partial charge in [-0.05, 0) is 81.5 Å². The molecule has 0 saturated carbocycles. The Morgan fingerprint density at radius 3 is 2.61 bits per heavy atom. The van der Waals surface area contributed by atoms with E-state index in [2.05, 4.69) is 4.40 Å². The van der Waals surface area contributed by atoms with E-state index in [4.69, 9.17) is 13.9 Å². The number of carbonyl (C=O) groups is 1. The minimum atomic E-state index is -3.65. The molecule has 4 aromatic rings. The number of carbonyl (C=O) groups excluding carboxylic acids is 1. The molecule has 0 unspecified atom stereocenters. The highest BCUT2D eigenvalue weighted by Gasteiger charge is 2.29. The molecule has 0 amide bonds. The first-order chi connectivity index (χ1) is 18.0. The van der Waals surface area contributed by atoms with Crippen LogP contribution in [0.25, 0.3) is 22.1 Å². The van der Waals surface area contributed by atoms with Crippen molar-refractivity contribution in [3.05, 3.63) is 76.2 Å². The lowest BCUT2D eigenvalue weighted by atomic mass is 10.0. The normalized spacial score (nSPS) is 12.6. The maximum absolute atomic E-state index is 12.6. The minimum absolute atomic E-state index is 0.138. The summed E-state index contributed by atoms with van der Waals surface area (Å²) in [7, 11) is -3.65. The molecule has 0 aliphatic rings. The SMILES string of the molecule is CCOC(=O)Cc1ccccc1OCc1cc(-c2csc(C(C)=NS(=O)(=O)C(C)(C)C)c2)c2occc2c1. The van der Waals surface area contributed by atoms with Crippen molar-refractivity contribution >= 4 is 44.0 Å². The quantitative estimate of drug-likeness (QED) is 0.167. The minimum Gasteiger partial charge on any atom is -0.489 e. The number of fused-ring (bicyclic) bond motifs is 1.